The minimum Gasteiger partial charge on any atom is -0.399 e. The van der Waals surface area contributed by atoms with Crippen molar-refractivity contribution in [2.75, 3.05) is 18.8 Å². The second-order valence-corrected chi connectivity index (χ2v) is 5.01. The van der Waals surface area contributed by atoms with Crippen LogP contribution in [0.1, 0.15) is 25.3 Å². The molecule has 1 heterocycles. The number of anilines is 1. The van der Waals surface area contributed by atoms with Crippen molar-refractivity contribution in [3.05, 3.63) is 29.8 Å². The molecule has 3 heteroatoms. The standard InChI is InChI=1S/C13H20N2O/c1-13(16)6-8-15(9-7-13)10-11-2-4-12(14)5-3-11/h2-5,16H,6-10,14H2,1H3. The average Bonchev–Trinajstić information content (AvgIpc) is 2.24. The molecule has 0 aliphatic carbocycles. The van der Waals surface area contributed by atoms with E-state index in [1.165, 1.54) is 5.56 Å². The fraction of sp³-hybridized carbons (Fsp3) is 0.538. The summed E-state index contributed by atoms with van der Waals surface area (Å²) in [7, 11) is 0. The molecular formula is C13H20N2O. The van der Waals surface area contributed by atoms with Crippen LogP contribution in [-0.2, 0) is 6.54 Å². The van der Waals surface area contributed by atoms with Crippen LogP contribution in [0.4, 0.5) is 5.69 Å². The zero-order valence-electron chi connectivity index (χ0n) is 9.82. The molecule has 3 N–H and O–H groups in total. The molecule has 0 bridgehead atoms. The molecule has 1 aliphatic heterocycles. The summed E-state index contributed by atoms with van der Waals surface area (Å²) in [6, 6.07) is 8.02. The second-order valence-electron chi connectivity index (χ2n) is 5.01. The van der Waals surface area contributed by atoms with E-state index in [2.05, 4.69) is 17.0 Å². The number of piperidine rings is 1. The highest BCUT2D eigenvalue weighted by Gasteiger charge is 2.26. The van der Waals surface area contributed by atoms with Gasteiger partial charge < -0.3 is 10.8 Å². The summed E-state index contributed by atoms with van der Waals surface area (Å²) < 4.78 is 0. The van der Waals surface area contributed by atoms with E-state index >= 15 is 0 Å². The van der Waals surface area contributed by atoms with E-state index in [-0.39, 0.29) is 0 Å². The summed E-state index contributed by atoms with van der Waals surface area (Å²) in [6.07, 6.45) is 1.73. The topological polar surface area (TPSA) is 49.5 Å². The Hall–Kier alpha value is -1.06. The maximum absolute atomic E-state index is 9.85. The van der Waals surface area contributed by atoms with E-state index in [9.17, 15) is 5.11 Å². The first-order chi connectivity index (χ1) is 7.55. The number of hydrogen-bond acceptors (Lipinski definition) is 3. The molecule has 0 aromatic heterocycles. The fourth-order valence-electron chi connectivity index (χ4n) is 2.07. The van der Waals surface area contributed by atoms with Crippen LogP contribution in [0.3, 0.4) is 0 Å². The molecule has 1 aromatic rings. The number of hydrogen-bond donors (Lipinski definition) is 2. The first-order valence-electron chi connectivity index (χ1n) is 5.84. The highest BCUT2D eigenvalue weighted by Crippen LogP contribution is 2.22. The molecule has 1 saturated heterocycles. The van der Waals surface area contributed by atoms with E-state index in [1.54, 1.807) is 0 Å². The van der Waals surface area contributed by atoms with E-state index < -0.39 is 5.60 Å². The molecule has 1 fully saturated rings. The van der Waals surface area contributed by atoms with E-state index in [4.69, 9.17) is 5.73 Å². The molecule has 3 nitrogen and oxygen atoms in total. The van der Waals surface area contributed by atoms with Crippen molar-refractivity contribution in [2.45, 2.75) is 31.9 Å². The third kappa shape index (κ3) is 2.97. The summed E-state index contributed by atoms with van der Waals surface area (Å²) in [4.78, 5) is 2.38. The summed E-state index contributed by atoms with van der Waals surface area (Å²) in [5.74, 6) is 0. The summed E-state index contributed by atoms with van der Waals surface area (Å²) in [6.45, 7) is 4.82. The smallest absolute Gasteiger partial charge is 0.0644 e. The van der Waals surface area contributed by atoms with Crippen molar-refractivity contribution in [3.63, 3.8) is 0 Å². The molecular weight excluding hydrogens is 200 g/mol. The van der Waals surface area contributed by atoms with Crippen LogP contribution in [0, 0.1) is 0 Å². The Morgan fingerprint density at radius 1 is 1.25 bits per heavy atom. The lowest BCUT2D eigenvalue weighted by atomic mass is 9.93. The lowest BCUT2D eigenvalue weighted by Gasteiger charge is -2.35. The van der Waals surface area contributed by atoms with Crippen LogP contribution in [0.15, 0.2) is 24.3 Å². The normalized spacial score (nSPS) is 20.9. The highest BCUT2D eigenvalue weighted by atomic mass is 16.3. The van der Waals surface area contributed by atoms with Gasteiger partial charge in [0.1, 0.15) is 0 Å². The van der Waals surface area contributed by atoms with Crippen LogP contribution in [0.2, 0.25) is 0 Å². The van der Waals surface area contributed by atoms with E-state index in [0.29, 0.717) is 0 Å². The lowest BCUT2D eigenvalue weighted by Crippen LogP contribution is -2.41. The summed E-state index contributed by atoms with van der Waals surface area (Å²) in [5, 5.41) is 9.85. The Kier molecular flexibility index (Phi) is 3.17. The molecule has 88 valence electrons. The molecule has 0 radical (unpaired) electrons. The van der Waals surface area contributed by atoms with Crippen LogP contribution in [0.25, 0.3) is 0 Å². The lowest BCUT2D eigenvalue weighted by molar-refractivity contribution is -0.00729. The molecule has 16 heavy (non-hydrogen) atoms. The molecule has 0 amide bonds. The number of nitrogen functional groups attached to an aromatic ring is 1. The van der Waals surface area contributed by atoms with Gasteiger partial charge in [-0.25, -0.2) is 0 Å². The van der Waals surface area contributed by atoms with Gasteiger partial charge in [-0.2, -0.15) is 0 Å². The first kappa shape index (κ1) is 11.4. The average molecular weight is 220 g/mol. The van der Waals surface area contributed by atoms with Crippen molar-refractivity contribution >= 4 is 5.69 Å². The van der Waals surface area contributed by atoms with Gasteiger partial charge in [-0.05, 0) is 37.5 Å². The molecule has 2 rings (SSSR count). The third-order valence-corrected chi connectivity index (χ3v) is 3.32. The Morgan fingerprint density at radius 3 is 2.38 bits per heavy atom. The Morgan fingerprint density at radius 2 is 1.81 bits per heavy atom. The molecule has 0 spiro atoms. The maximum atomic E-state index is 9.85. The Labute approximate surface area is 96.9 Å². The maximum Gasteiger partial charge on any atom is 0.0644 e. The van der Waals surface area contributed by atoms with Crippen LogP contribution in [-0.4, -0.2) is 28.7 Å². The zero-order valence-corrected chi connectivity index (χ0v) is 9.82. The summed E-state index contributed by atoms with van der Waals surface area (Å²) >= 11 is 0. The molecule has 0 atom stereocenters. The van der Waals surface area contributed by atoms with Crippen LogP contribution in [0.5, 0.6) is 0 Å². The predicted octanol–water partition coefficient (Wildman–Crippen LogP) is 1.62. The molecule has 0 unspecified atom stereocenters. The molecule has 1 aromatic carbocycles. The van der Waals surface area contributed by atoms with Crippen molar-refractivity contribution in [2.24, 2.45) is 0 Å². The zero-order chi connectivity index (χ0) is 11.6. The number of aliphatic hydroxyl groups is 1. The number of nitrogens with two attached hydrogens (primary N) is 1. The monoisotopic (exact) mass is 220 g/mol. The SMILES string of the molecule is CC1(O)CCN(Cc2ccc(N)cc2)CC1. The predicted molar refractivity (Wildman–Crippen MR) is 66.0 cm³/mol. The molecule has 1 aliphatic rings. The van der Waals surface area contributed by atoms with Gasteiger partial charge in [-0.15, -0.1) is 0 Å². The Balaban J connectivity index is 1.89. The highest BCUT2D eigenvalue weighted by molar-refractivity contribution is 5.39. The Bertz CT molecular complexity index is 335. The van der Waals surface area contributed by atoms with E-state index in [1.807, 2.05) is 19.1 Å². The number of benzene rings is 1. The van der Waals surface area contributed by atoms with Crippen LogP contribution < -0.4 is 5.73 Å². The number of rotatable bonds is 2. The van der Waals surface area contributed by atoms with E-state index in [0.717, 1.165) is 38.2 Å². The number of likely N-dealkylation sites (tertiary alicyclic amines) is 1. The van der Waals surface area contributed by atoms with Crippen molar-refractivity contribution in [1.29, 1.82) is 0 Å². The number of nitrogens with zero attached hydrogens (tertiary/aromatic N) is 1. The molecule has 0 saturated carbocycles. The largest absolute Gasteiger partial charge is 0.399 e. The second kappa shape index (κ2) is 4.44. The third-order valence-electron chi connectivity index (χ3n) is 3.32. The van der Waals surface area contributed by atoms with Gasteiger partial charge in [-0.3, -0.25) is 4.90 Å². The van der Waals surface area contributed by atoms with Gasteiger partial charge in [-0.1, -0.05) is 12.1 Å². The van der Waals surface area contributed by atoms with Crippen LogP contribution >= 0.6 is 0 Å². The minimum absolute atomic E-state index is 0.461. The van der Waals surface area contributed by atoms with Crippen molar-refractivity contribution in [1.82, 2.24) is 4.90 Å². The first-order valence-corrected chi connectivity index (χ1v) is 5.84. The van der Waals surface area contributed by atoms with Crippen molar-refractivity contribution < 1.29 is 5.11 Å². The fourth-order valence-corrected chi connectivity index (χ4v) is 2.07. The summed E-state index contributed by atoms with van der Waals surface area (Å²) in [5.41, 5.74) is 7.29. The quantitative estimate of drug-likeness (QED) is 0.745. The van der Waals surface area contributed by atoms with Crippen molar-refractivity contribution in [3.8, 4) is 0 Å². The van der Waals surface area contributed by atoms with Gasteiger partial charge >= 0.3 is 0 Å². The van der Waals surface area contributed by atoms with Gasteiger partial charge in [0.2, 0.25) is 0 Å². The van der Waals surface area contributed by atoms with Gasteiger partial charge in [0, 0.05) is 25.3 Å². The van der Waals surface area contributed by atoms with Gasteiger partial charge in [0.15, 0.2) is 0 Å². The van der Waals surface area contributed by atoms with Gasteiger partial charge in [0.25, 0.3) is 0 Å². The minimum atomic E-state index is -0.461. The van der Waals surface area contributed by atoms with Gasteiger partial charge in [0.05, 0.1) is 5.60 Å².